The molecular formula is C20H19FN2O. The number of rotatable bonds is 2. The maximum atomic E-state index is 13.9. The first-order chi connectivity index (χ1) is 11.5. The fourth-order valence-electron chi connectivity index (χ4n) is 3.73. The van der Waals surface area contributed by atoms with Gasteiger partial charge in [-0.1, -0.05) is 44.2 Å². The van der Waals surface area contributed by atoms with Crippen LogP contribution >= 0.6 is 0 Å². The van der Waals surface area contributed by atoms with Crippen molar-refractivity contribution in [1.29, 1.82) is 0 Å². The van der Waals surface area contributed by atoms with Crippen LogP contribution in [0.25, 0.3) is 10.9 Å². The Morgan fingerprint density at radius 3 is 2.71 bits per heavy atom. The summed E-state index contributed by atoms with van der Waals surface area (Å²) in [6, 6.07) is 15.3. The average molecular weight is 322 g/mol. The van der Waals surface area contributed by atoms with E-state index in [1.54, 1.807) is 19.4 Å². The van der Waals surface area contributed by atoms with Gasteiger partial charge >= 0.3 is 0 Å². The molecule has 3 nitrogen and oxygen atoms in total. The summed E-state index contributed by atoms with van der Waals surface area (Å²) in [5.74, 6) is -0.301. The quantitative estimate of drug-likeness (QED) is 0.679. The first-order valence-electron chi connectivity index (χ1n) is 8.00. The lowest BCUT2D eigenvalue weighted by Crippen LogP contribution is -2.40. The molecule has 0 spiro atoms. The molecule has 0 aliphatic carbocycles. The monoisotopic (exact) mass is 322 g/mol. The lowest BCUT2D eigenvalue weighted by atomic mass is 9.85. The second kappa shape index (κ2) is 5.28. The van der Waals surface area contributed by atoms with Crippen molar-refractivity contribution in [3.8, 4) is 0 Å². The van der Waals surface area contributed by atoms with E-state index >= 15 is 0 Å². The zero-order chi connectivity index (χ0) is 16.9. The number of pyridine rings is 1. The van der Waals surface area contributed by atoms with Crippen molar-refractivity contribution < 1.29 is 9.13 Å². The second-order valence-corrected chi connectivity index (χ2v) is 6.70. The molecule has 0 saturated heterocycles. The lowest BCUT2D eigenvalue weighted by Gasteiger charge is -2.33. The molecule has 0 saturated carbocycles. The molecule has 24 heavy (non-hydrogen) atoms. The molecule has 1 aromatic heterocycles. The van der Waals surface area contributed by atoms with Crippen LogP contribution in [0.2, 0.25) is 0 Å². The third-order valence-electron chi connectivity index (χ3n) is 4.86. The molecule has 0 bridgehead atoms. The maximum Gasteiger partial charge on any atom is 0.149 e. The summed E-state index contributed by atoms with van der Waals surface area (Å²) in [6.45, 7) is 4.35. The molecule has 2 aromatic carbocycles. The van der Waals surface area contributed by atoms with Crippen LogP contribution in [-0.2, 0) is 10.2 Å². The molecule has 3 aromatic rings. The van der Waals surface area contributed by atoms with Gasteiger partial charge in [0.05, 0.1) is 11.9 Å². The number of aromatic nitrogens is 1. The smallest absolute Gasteiger partial charge is 0.149 e. The maximum absolute atomic E-state index is 13.9. The molecule has 1 aliphatic heterocycles. The fourth-order valence-corrected chi connectivity index (χ4v) is 3.73. The number of halogens is 1. The standard InChI is InChI=1S/C20H19FN2O/c1-20(2)15-8-4-5-10-17(15)23(19(20)24-3)14-11-13-7-6-9-16(21)18(13)22-12-14/h4-12,19H,1-3H3. The molecule has 4 rings (SSSR count). The van der Waals surface area contributed by atoms with Gasteiger partial charge in [-0.15, -0.1) is 0 Å². The Morgan fingerprint density at radius 1 is 1.12 bits per heavy atom. The number of hydrogen-bond donors (Lipinski definition) is 0. The molecule has 1 atom stereocenters. The van der Waals surface area contributed by atoms with Gasteiger partial charge in [-0.3, -0.25) is 4.98 Å². The van der Waals surface area contributed by atoms with Gasteiger partial charge in [-0.05, 0) is 23.8 Å². The topological polar surface area (TPSA) is 25.4 Å². The number of benzene rings is 2. The molecular weight excluding hydrogens is 303 g/mol. The number of nitrogens with zero attached hydrogens (tertiary/aromatic N) is 2. The Morgan fingerprint density at radius 2 is 1.92 bits per heavy atom. The van der Waals surface area contributed by atoms with Gasteiger partial charge in [0.2, 0.25) is 0 Å². The van der Waals surface area contributed by atoms with E-state index in [0.717, 1.165) is 16.8 Å². The van der Waals surface area contributed by atoms with Crippen molar-refractivity contribution in [2.45, 2.75) is 25.5 Å². The number of hydrogen-bond acceptors (Lipinski definition) is 3. The summed E-state index contributed by atoms with van der Waals surface area (Å²) in [4.78, 5) is 6.49. The second-order valence-electron chi connectivity index (χ2n) is 6.70. The minimum atomic E-state index is -0.301. The van der Waals surface area contributed by atoms with Crippen LogP contribution < -0.4 is 4.90 Å². The third kappa shape index (κ3) is 2.03. The third-order valence-corrected chi connectivity index (χ3v) is 4.86. The highest BCUT2D eigenvalue weighted by Crippen LogP contribution is 2.48. The van der Waals surface area contributed by atoms with Crippen LogP contribution in [0.4, 0.5) is 15.8 Å². The minimum Gasteiger partial charge on any atom is -0.360 e. The SMILES string of the molecule is COC1N(c2cnc3c(F)cccc3c2)c2ccccc2C1(C)C. The Hall–Kier alpha value is -2.46. The van der Waals surface area contributed by atoms with Crippen LogP contribution in [0.3, 0.4) is 0 Å². The van der Waals surface area contributed by atoms with E-state index in [9.17, 15) is 4.39 Å². The molecule has 2 heterocycles. The van der Waals surface area contributed by atoms with E-state index in [-0.39, 0.29) is 17.5 Å². The highest BCUT2D eigenvalue weighted by molar-refractivity contribution is 5.85. The van der Waals surface area contributed by atoms with Crippen LogP contribution in [0.15, 0.2) is 54.7 Å². The van der Waals surface area contributed by atoms with E-state index in [2.05, 4.69) is 35.9 Å². The van der Waals surface area contributed by atoms with Crippen LogP contribution in [-0.4, -0.2) is 18.3 Å². The van der Waals surface area contributed by atoms with Crippen LogP contribution in [0.5, 0.6) is 0 Å². The Balaban J connectivity index is 1.92. The number of anilines is 2. The van der Waals surface area contributed by atoms with E-state index in [1.165, 1.54) is 11.6 Å². The van der Waals surface area contributed by atoms with Crippen molar-refractivity contribution in [3.05, 3.63) is 66.1 Å². The van der Waals surface area contributed by atoms with Crippen molar-refractivity contribution in [3.63, 3.8) is 0 Å². The number of para-hydroxylation sites is 2. The molecule has 0 amide bonds. The highest BCUT2D eigenvalue weighted by atomic mass is 19.1. The van der Waals surface area contributed by atoms with Gasteiger partial charge in [0, 0.05) is 23.6 Å². The van der Waals surface area contributed by atoms with E-state index in [4.69, 9.17) is 4.74 Å². The van der Waals surface area contributed by atoms with Gasteiger partial charge in [-0.2, -0.15) is 0 Å². The van der Waals surface area contributed by atoms with E-state index in [1.807, 2.05) is 24.3 Å². The van der Waals surface area contributed by atoms with Crippen molar-refractivity contribution in [2.75, 3.05) is 12.0 Å². The zero-order valence-electron chi connectivity index (χ0n) is 14.0. The average Bonchev–Trinajstić information content (AvgIpc) is 2.82. The largest absolute Gasteiger partial charge is 0.360 e. The molecule has 1 unspecified atom stereocenters. The Labute approximate surface area is 140 Å². The molecule has 122 valence electrons. The molecule has 0 N–H and O–H groups in total. The molecule has 1 aliphatic rings. The summed E-state index contributed by atoms with van der Waals surface area (Å²) < 4.78 is 19.7. The normalized spacial score (nSPS) is 18.8. The van der Waals surface area contributed by atoms with Crippen molar-refractivity contribution in [2.24, 2.45) is 0 Å². The summed E-state index contributed by atoms with van der Waals surface area (Å²) in [5.41, 5.74) is 3.46. The van der Waals surface area contributed by atoms with Gasteiger partial charge in [0.25, 0.3) is 0 Å². The summed E-state index contributed by atoms with van der Waals surface area (Å²) in [5, 5.41) is 0.782. The number of methoxy groups -OCH3 is 1. The molecule has 0 radical (unpaired) electrons. The first-order valence-corrected chi connectivity index (χ1v) is 8.00. The lowest BCUT2D eigenvalue weighted by molar-refractivity contribution is 0.0612. The van der Waals surface area contributed by atoms with Gasteiger partial charge in [0.15, 0.2) is 0 Å². The zero-order valence-corrected chi connectivity index (χ0v) is 14.0. The summed E-state index contributed by atoms with van der Waals surface area (Å²) in [7, 11) is 1.72. The predicted molar refractivity (Wildman–Crippen MR) is 94.1 cm³/mol. The van der Waals surface area contributed by atoms with Gasteiger partial charge in [0.1, 0.15) is 17.6 Å². The first kappa shape index (κ1) is 15.1. The molecule has 4 heteroatoms. The van der Waals surface area contributed by atoms with E-state index < -0.39 is 0 Å². The van der Waals surface area contributed by atoms with Crippen LogP contribution in [0.1, 0.15) is 19.4 Å². The fraction of sp³-hybridized carbons (Fsp3) is 0.250. The number of fused-ring (bicyclic) bond motifs is 2. The van der Waals surface area contributed by atoms with Gasteiger partial charge in [-0.25, -0.2) is 4.39 Å². The minimum absolute atomic E-state index is 0.150. The van der Waals surface area contributed by atoms with Crippen molar-refractivity contribution in [1.82, 2.24) is 4.98 Å². The van der Waals surface area contributed by atoms with Crippen LogP contribution in [0, 0.1) is 5.82 Å². The Bertz CT molecular complexity index is 922. The predicted octanol–water partition coefficient (Wildman–Crippen LogP) is 4.78. The van der Waals surface area contributed by atoms with Gasteiger partial charge < -0.3 is 9.64 Å². The summed E-state index contributed by atoms with van der Waals surface area (Å²) >= 11 is 0. The van der Waals surface area contributed by atoms with Crippen molar-refractivity contribution >= 4 is 22.3 Å². The number of ether oxygens (including phenoxy) is 1. The highest BCUT2D eigenvalue weighted by Gasteiger charge is 2.45. The summed E-state index contributed by atoms with van der Waals surface area (Å²) in [6.07, 6.45) is 1.57. The molecule has 0 fully saturated rings. The van der Waals surface area contributed by atoms with E-state index in [0.29, 0.717) is 5.52 Å². The Kier molecular flexibility index (Phi) is 3.32.